The van der Waals surface area contributed by atoms with Gasteiger partial charge in [0.25, 0.3) is 0 Å². The Balaban J connectivity index is 1.95. The van der Waals surface area contributed by atoms with Crippen molar-refractivity contribution in [2.45, 2.75) is 38.6 Å². The highest BCUT2D eigenvalue weighted by molar-refractivity contribution is 5.17. The van der Waals surface area contributed by atoms with Crippen molar-refractivity contribution in [3.05, 3.63) is 35.9 Å². The van der Waals surface area contributed by atoms with E-state index in [1.807, 2.05) is 13.0 Å². The summed E-state index contributed by atoms with van der Waals surface area (Å²) in [5.41, 5.74) is 1.32. The van der Waals surface area contributed by atoms with Gasteiger partial charge in [0.05, 0.1) is 12.1 Å². The van der Waals surface area contributed by atoms with Gasteiger partial charge < -0.3 is 5.11 Å². The van der Waals surface area contributed by atoms with Crippen molar-refractivity contribution in [3.8, 4) is 0 Å². The molecule has 1 fully saturated rings. The predicted molar refractivity (Wildman–Crippen MR) is 56.9 cm³/mol. The molecule has 1 aromatic carbocycles. The topological polar surface area (TPSA) is 23.2 Å². The molecule has 76 valence electrons. The smallest absolute Gasteiger partial charge is 0.0682 e. The Morgan fingerprint density at radius 1 is 1.36 bits per heavy atom. The molecule has 4 atom stereocenters. The van der Waals surface area contributed by atoms with E-state index < -0.39 is 0 Å². The van der Waals surface area contributed by atoms with E-state index in [2.05, 4.69) is 36.1 Å². The molecule has 1 aliphatic heterocycles. The number of aliphatic hydroxyl groups is 1. The van der Waals surface area contributed by atoms with Gasteiger partial charge in [0.2, 0.25) is 0 Å². The molecule has 2 nitrogen and oxygen atoms in total. The summed E-state index contributed by atoms with van der Waals surface area (Å²) in [6.45, 7) is 4.99. The van der Waals surface area contributed by atoms with E-state index in [-0.39, 0.29) is 6.10 Å². The van der Waals surface area contributed by atoms with Crippen molar-refractivity contribution >= 4 is 0 Å². The van der Waals surface area contributed by atoms with Gasteiger partial charge in [-0.25, -0.2) is 0 Å². The Hall–Kier alpha value is -0.860. The minimum absolute atomic E-state index is 0.214. The quantitative estimate of drug-likeness (QED) is 0.734. The molecule has 1 unspecified atom stereocenters. The molecule has 0 aromatic heterocycles. The maximum absolute atomic E-state index is 9.47. The molecule has 1 aliphatic rings. The summed E-state index contributed by atoms with van der Waals surface area (Å²) in [5, 5.41) is 9.47. The largest absolute Gasteiger partial charge is 0.392 e. The van der Waals surface area contributed by atoms with Crippen LogP contribution in [0.5, 0.6) is 0 Å². The minimum Gasteiger partial charge on any atom is -0.392 e. The lowest BCUT2D eigenvalue weighted by atomic mass is 10.2. The van der Waals surface area contributed by atoms with Crippen LogP contribution in [-0.2, 0) is 6.54 Å². The summed E-state index contributed by atoms with van der Waals surface area (Å²) in [6.07, 6.45) is -0.214. The van der Waals surface area contributed by atoms with E-state index in [0.29, 0.717) is 12.1 Å². The first-order chi connectivity index (χ1) is 6.70. The summed E-state index contributed by atoms with van der Waals surface area (Å²) in [4.78, 5) is 2.32. The molecule has 0 amide bonds. The molecular formula is C12H17NO. The van der Waals surface area contributed by atoms with Gasteiger partial charge in [-0.05, 0) is 19.4 Å². The summed E-state index contributed by atoms with van der Waals surface area (Å²) in [7, 11) is 0. The third kappa shape index (κ3) is 1.81. The fourth-order valence-electron chi connectivity index (χ4n) is 2.16. The van der Waals surface area contributed by atoms with Gasteiger partial charge in [-0.15, -0.1) is 0 Å². The Morgan fingerprint density at radius 3 is 2.50 bits per heavy atom. The summed E-state index contributed by atoms with van der Waals surface area (Å²) >= 11 is 0. The zero-order valence-corrected chi connectivity index (χ0v) is 8.72. The van der Waals surface area contributed by atoms with Gasteiger partial charge in [0.15, 0.2) is 0 Å². The number of hydrogen-bond donors (Lipinski definition) is 1. The van der Waals surface area contributed by atoms with Crippen molar-refractivity contribution in [2.24, 2.45) is 0 Å². The first-order valence-electron chi connectivity index (χ1n) is 5.18. The van der Waals surface area contributed by atoms with Gasteiger partial charge in [-0.2, -0.15) is 0 Å². The molecule has 2 heteroatoms. The highest BCUT2D eigenvalue weighted by Crippen LogP contribution is 2.32. The molecule has 1 saturated heterocycles. The molecule has 14 heavy (non-hydrogen) atoms. The van der Waals surface area contributed by atoms with E-state index in [1.165, 1.54) is 5.56 Å². The SMILES string of the molecule is C[C@@H](O)[C@@H]1[C@H](C)N1Cc1ccccc1. The van der Waals surface area contributed by atoms with Crippen LogP contribution in [0.15, 0.2) is 30.3 Å². The molecule has 1 aromatic rings. The van der Waals surface area contributed by atoms with Crippen molar-refractivity contribution in [1.29, 1.82) is 0 Å². The van der Waals surface area contributed by atoms with E-state index in [9.17, 15) is 5.11 Å². The molecule has 0 saturated carbocycles. The third-order valence-electron chi connectivity index (χ3n) is 3.01. The molecule has 1 N–H and O–H groups in total. The fraction of sp³-hybridized carbons (Fsp3) is 0.500. The minimum atomic E-state index is -0.214. The van der Waals surface area contributed by atoms with Crippen LogP contribution in [-0.4, -0.2) is 28.2 Å². The normalized spacial score (nSPS) is 32.6. The van der Waals surface area contributed by atoms with E-state index >= 15 is 0 Å². The zero-order valence-electron chi connectivity index (χ0n) is 8.72. The number of benzene rings is 1. The predicted octanol–water partition coefficient (Wildman–Crippen LogP) is 1.64. The lowest BCUT2D eigenvalue weighted by Crippen LogP contribution is -2.14. The van der Waals surface area contributed by atoms with Gasteiger partial charge in [-0.1, -0.05) is 30.3 Å². The first-order valence-corrected chi connectivity index (χ1v) is 5.18. The highest BCUT2D eigenvalue weighted by Gasteiger charge is 2.46. The van der Waals surface area contributed by atoms with Crippen LogP contribution in [0.1, 0.15) is 19.4 Å². The average Bonchev–Trinajstić information content (AvgIpc) is 2.78. The van der Waals surface area contributed by atoms with Crippen LogP contribution in [0.3, 0.4) is 0 Å². The second kappa shape index (κ2) is 3.71. The van der Waals surface area contributed by atoms with E-state index in [1.54, 1.807) is 0 Å². The van der Waals surface area contributed by atoms with Crippen molar-refractivity contribution < 1.29 is 5.11 Å². The number of hydrogen-bond acceptors (Lipinski definition) is 2. The van der Waals surface area contributed by atoms with Crippen molar-refractivity contribution in [3.63, 3.8) is 0 Å². The van der Waals surface area contributed by atoms with Crippen LogP contribution in [0.4, 0.5) is 0 Å². The maximum atomic E-state index is 9.47. The van der Waals surface area contributed by atoms with E-state index in [0.717, 1.165) is 6.54 Å². The van der Waals surface area contributed by atoms with Crippen LogP contribution in [0.25, 0.3) is 0 Å². The van der Waals surface area contributed by atoms with Crippen LogP contribution < -0.4 is 0 Å². The first kappa shape index (κ1) is 9.69. The van der Waals surface area contributed by atoms with Gasteiger partial charge >= 0.3 is 0 Å². The molecule has 1 heterocycles. The second-order valence-electron chi connectivity index (χ2n) is 4.13. The molecule has 2 rings (SSSR count). The molecular weight excluding hydrogens is 174 g/mol. The zero-order chi connectivity index (χ0) is 10.1. The molecule has 0 radical (unpaired) electrons. The molecule has 0 bridgehead atoms. The number of nitrogens with zero attached hydrogens (tertiary/aromatic N) is 1. The van der Waals surface area contributed by atoms with Gasteiger partial charge in [-0.3, -0.25) is 4.90 Å². The summed E-state index contributed by atoms with van der Waals surface area (Å²) in [5.74, 6) is 0. The van der Waals surface area contributed by atoms with Crippen LogP contribution >= 0.6 is 0 Å². The number of rotatable bonds is 3. The van der Waals surface area contributed by atoms with Crippen molar-refractivity contribution in [1.82, 2.24) is 4.90 Å². The number of aliphatic hydroxyl groups excluding tert-OH is 1. The van der Waals surface area contributed by atoms with Crippen LogP contribution in [0.2, 0.25) is 0 Å². The third-order valence-corrected chi connectivity index (χ3v) is 3.01. The van der Waals surface area contributed by atoms with Gasteiger partial charge in [0, 0.05) is 12.6 Å². The standard InChI is InChI=1S/C12H17NO/c1-9-12(10(2)14)13(9)8-11-6-4-3-5-7-11/h3-7,9-10,12,14H,8H2,1-2H3/t9-,10+,12-,13?/m0/s1. The Kier molecular flexibility index (Phi) is 2.57. The Bertz CT molecular complexity index is 296. The molecule has 0 spiro atoms. The summed E-state index contributed by atoms with van der Waals surface area (Å²) in [6, 6.07) is 11.3. The Morgan fingerprint density at radius 2 is 2.00 bits per heavy atom. The monoisotopic (exact) mass is 191 g/mol. The van der Waals surface area contributed by atoms with Crippen molar-refractivity contribution in [2.75, 3.05) is 0 Å². The maximum Gasteiger partial charge on any atom is 0.0682 e. The fourth-order valence-corrected chi connectivity index (χ4v) is 2.16. The second-order valence-corrected chi connectivity index (χ2v) is 4.13. The Labute approximate surface area is 85.2 Å². The summed E-state index contributed by atoms with van der Waals surface area (Å²) < 4.78 is 0. The lowest BCUT2D eigenvalue weighted by molar-refractivity contribution is 0.173. The average molecular weight is 191 g/mol. The molecule has 0 aliphatic carbocycles. The van der Waals surface area contributed by atoms with E-state index in [4.69, 9.17) is 0 Å². The lowest BCUT2D eigenvalue weighted by Gasteiger charge is -2.05. The highest BCUT2D eigenvalue weighted by atomic mass is 16.3. The van der Waals surface area contributed by atoms with Gasteiger partial charge in [0.1, 0.15) is 0 Å². The van der Waals surface area contributed by atoms with Crippen LogP contribution in [0, 0.1) is 0 Å².